The van der Waals surface area contributed by atoms with Gasteiger partial charge in [0, 0.05) is 4.88 Å². The number of aryl methyl sites for hydroxylation is 2. The number of para-hydroxylation sites is 1. The fourth-order valence-electron chi connectivity index (χ4n) is 3.47. The third-order valence-corrected chi connectivity index (χ3v) is 5.71. The second kappa shape index (κ2) is 7.54. The molecule has 0 aliphatic rings. The summed E-state index contributed by atoms with van der Waals surface area (Å²) in [7, 11) is 3.81. The van der Waals surface area contributed by atoms with E-state index in [0.717, 1.165) is 11.3 Å². The molecule has 2 aromatic carbocycles. The zero-order valence-corrected chi connectivity index (χ0v) is 16.6. The Bertz CT molecular complexity index is 1070. The van der Waals surface area contributed by atoms with E-state index >= 15 is 0 Å². The Hall–Kier alpha value is -3.02. The van der Waals surface area contributed by atoms with Crippen LogP contribution < -0.4 is 9.67 Å². The molecule has 140 valence electrons. The lowest BCUT2D eigenvalue weighted by Crippen LogP contribution is -2.57. The highest BCUT2D eigenvalue weighted by molar-refractivity contribution is 7.10. The molecule has 0 saturated carbocycles. The van der Waals surface area contributed by atoms with Crippen LogP contribution >= 0.6 is 11.3 Å². The van der Waals surface area contributed by atoms with Gasteiger partial charge in [0.25, 0.3) is 5.82 Å². The molecule has 2 aromatic heterocycles. The van der Waals surface area contributed by atoms with Crippen molar-refractivity contribution in [2.24, 2.45) is 19.1 Å². The van der Waals surface area contributed by atoms with E-state index in [0.29, 0.717) is 16.4 Å². The Morgan fingerprint density at radius 2 is 1.68 bits per heavy atom. The van der Waals surface area contributed by atoms with Crippen molar-refractivity contribution in [1.29, 1.82) is 0 Å². The molecule has 0 spiro atoms. The van der Waals surface area contributed by atoms with E-state index in [2.05, 4.69) is 0 Å². The van der Waals surface area contributed by atoms with E-state index < -0.39 is 5.60 Å². The van der Waals surface area contributed by atoms with Crippen LogP contribution in [-0.2, 0) is 19.7 Å². The molecule has 0 fully saturated rings. The normalized spacial score (nSPS) is 14.0. The van der Waals surface area contributed by atoms with Gasteiger partial charge in [-0.25, -0.2) is 9.13 Å². The molecule has 0 aliphatic carbocycles. The van der Waals surface area contributed by atoms with Gasteiger partial charge in [-0.2, -0.15) is 0 Å². The van der Waals surface area contributed by atoms with Gasteiger partial charge in [0.2, 0.25) is 0 Å². The van der Waals surface area contributed by atoms with Crippen LogP contribution in [0.2, 0.25) is 0 Å². The predicted molar refractivity (Wildman–Crippen MR) is 111 cm³/mol. The molecule has 0 amide bonds. The van der Waals surface area contributed by atoms with Crippen LogP contribution in [0.1, 0.15) is 16.3 Å². The monoisotopic (exact) mass is 387 g/mol. The number of imidazole rings is 1. The summed E-state index contributed by atoms with van der Waals surface area (Å²) in [4.78, 5) is 5.59. The van der Waals surface area contributed by atoms with Crippen molar-refractivity contribution in [3.05, 3.63) is 107 Å². The minimum atomic E-state index is -1.65. The van der Waals surface area contributed by atoms with Crippen molar-refractivity contribution in [3.63, 3.8) is 0 Å². The number of aliphatic imine (C=N–C) groups is 1. The summed E-state index contributed by atoms with van der Waals surface area (Å²) in [5.74, 6) is 0.633. The molecule has 1 unspecified atom stereocenters. The molecule has 2 heterocycles. The van der Waals surface area contributed by atoms with Gasteiger partial charge in [0.15, 0.2) is 0 Å². The number of thiophene rings is 1. The first-order valence-electron chi connectivity index (χ1n) is 9.06. The Morgan fingerprint density at radius 1 is 1.00 bits per heavy atom. The van der Waals surface area contributed by atoms with Gasteiger partial charge in [-0.1, -0.05) is 54.6 Å². The van der Waals surface area contributed by atoms with Gasteiger partial charge in [-0.15, -0.1) is 11.3 Å². The van der Waals surface area contributed by atoms with Crippen LogP contribution in [0.3, 0.4) is 0 Å². The lowest BCUT2D eigenvalue weighted by atomic mass is 9.88. The summed E-state index contributed by atoms with van der Waals surface area (Å²) in [6.45, 7) is 0. The maximum atomic E-state index is 14.8. The molecule has 0 bridgehead atoms. The quantitative estimate of drug-likeness (QED) is 0.383. The van der Waals surface area contributed by atoms with Crippen LogP contribution in [0, 0.1) is 0 Å². The van der Waals surface area contributed by atoms with Crippen molar-refractivity contribution in [2.45, 2.75) is 5.60 Å². The third-order valence-electron chi connectivity index (χ3n) is 4.74. The average molecular weight is 388 g/mol. The van der Waals surface area contributed by atoms with Crippen molar-refractivity contribution in [3.8, 4) is 0 Å². The summed E-state index contributed by atoms with van der Waals surface area (Å²) in [6, 6.07) is 23.2. The number of rotatable bonds is 5. The van der Waals surface area contributed by atoms with E-state index in [1.54, 1.807) is 0 Å². The molecule has 0 aliphatic heterocycles. The summed E-state index contributed by atoms with van der Waals surface area (Å²) < 4.78 is 3.77. The molecule has 1 atom stereocenters. The second-order valence-corrected chi connectivity index (χ2v) is 7.61. The maximum Gasteiger partial charge on any atom is 0.256 e. The Kier molecular flexibility index (Phi) is 4.94. The number of nitrogens with zero attached hydrogens (tertiary/aromatic N) is 3. The smallest absolute Gasteiger partial charge is 0.256 e. The van der Waals surface area contributed by atoms with Crippen molar-refractivity contribution in [2.75, 3.05) is 0 Å². The zero-order valence-electron chi connectivity index (χ0n) is 15.8. The minimum absolute atomic E-state index is 0.485. The number of hydrogen-bond acceptors (Lipinski definition) is 3. The number of benzene rings is 2. The Labute approximate surface area is 168 Å². The molecule has 4 nitrogen and oxygen atoms in total. The van der Waals surface area contributed by atoms with Gasteiger partial charge >= 0.3 is 0 Å². The van der Waals surface area contributed by atoms with Gasteiger partial charge in [-0.05, 0) is 29.1 Å². The van der Waals surface area contributed by atoms with Crippen LogP contribution in [0.15, 0.2) is 95.6 Å². The van der Waals surface area contributed by atoms with Gasteiger partial charge in [0.1, 0.15) is 12.4 Å². The SMILES string of the molecule is Cn1cc[n+](C)c1C([O-])(C(=Nc1ccccc1)c1ccccc1)c1cccs1. The predicted octanol–water partition coefficient (Wildman–Crippen LogP) is 3.34. The van der Waals surface area contributed by atoms with Crippen LogP contribution in [0.4, 0.5) is 5.69 Å². The second-order valence-electron chi connectivity index (χ2n) is 6.66. The fraction of sp³-hybridized carbons (Fsp3) is 0.130. The third kappa shape index (κ3) is 3.19. The molecular formula is C23H21N3OS. The Balaban J connectivity index is 2.05. The average Bonchev–Trinajstić information content (AvgIpc) is 3.38. The summed E-state index contributed by atoms with van der Waals surface area (Å²) >= 11 is 1.46. The largest absolute Gasteiger partial charge is 0.832 e. The van der Waals surface area contributed by atoms with E-state index in [4.69, 9.17) is 4.99 Å². The Morgan fingerprint density at radius 3 is 2.25 bits per heavy atom. The standard InChI is InChI=1S/C23H21N3OS/c1-25-15-16-26(2)22(25)23(27,20-14-9-17-28-20)21(18-10-5-3-6-11-18)24-19-12-7-4-8-13-19/h3-17H,1-2H3. The molecule has 0 saturated heterocycles. The van der Waals surface area contributed by atoms with Crippen LogP contribution in [0.5, 0.6) is 0 Å². The highest BCUT2D eigenvalue weighted by Gasteiger charge is 2.39. The van der Waals surface area contributed by atoms with Crippen LogP contribution in [0.25, 0.3) is 0 Å². The topological polar surface area (TPSA) is 44.2 Å². The highest BCUT2D eigenvalue weighted by atomic mass is 32.1. The van der Waals surface area contributed by atoms with E-state index in [1.165, 1.54) is 11.3 Å². The van der Waals surface area contributed by atoms with Gasteiger partial charge in [-0.3, -0.25) is 4.99 Å². The summed E-state index contributed by atoms with van der Waals surface area (Å²) in [5.41, 5.74) is 0.406. The first-order valence-corrected chi connectivity index (χ1v) is 9.94. The summed E-state index contributed by atoms with van der Waals surface area (Å²) in [6.07, 6.45) is 3.81. The van der Waals surface area contributed by atoms with Gasteiger partial charge in [0.05, 0.1) is 31.1 Å². The van der Waals surface area contributed by atoms with Crippen molar-refractivity contribution in [1.82, 2.24) is 4.57 Å². The fourth-order valence-corrected chi connectivity index (χ4v) is 4.29. The van der Waals surface area contributed by atoms with Crippen molar-refractivity contribution < 1.29 is 9.67 Å². The lowest BCUT2D eigenvalue weighted by molar-refractivity contribution is -0.695. The number of aromatic nitrogens is 2. The van der Waals surface area contributed by atoms with Crippen molar-refractivity contribution >= 4 is 22.7 Å². The molecular weight excluding hydrogens is 366 g/mol. The van der Waals surface area contributed by atoms with E-state index in [9.17, 15) is 5.11 Å². The number of hydrogen-bond donors (Lipinski definition) is 0. The highest BCUT2D eigenvalue weighted by Crippen LogP contribution is 2.34. The zero-order chi connectivity index (χ0) is 19.6. The molecule has 0 radical (unpaired) electrons. The van der Waals surface area contributed by atoms with Crippen LogP contribution in [-0.4, -0.2) is 10.3 Å². The molecule has 4 aromatic rings. The van der Waals surface area contributed by atoms with Gasteiger partial charge < -0.3 is 5.11 Å². The minimum Gasteiger partial charge on any atom is -0.832 e. The molecule has 5 heteroatoms. The maximum absolute atomic E-state index is 14.8. The first kappa shape index (κ1) is 18.3. The molecule has 0 N–H and O–H groups in total. The molecule has 28 heavy (non-hydrogen) atoms. The lowest BCUT2D eigenvalue weighted by Gasteiger charge is -2.37. The summed E-state index contributed by atoms with van der Waals surface area (Å²) in [5, 5.41) is 16.8. The molecule has 4 rings (SSSR count). The first-order chi connectivity index (χ1) is 13.6. The van der Waals surface area contributed by atoms with E-state index in [-0.39, 0.29) is 0 Å². The van der Waals surface area contributed by atoms with E-state index in [1.807, 2.05) is 114 Å².